The van der Waals surface area contributed by atoms with E-state index >= 15 is 0 Å². The van der Waals surface area contributed by atoms with Crippen LogP contribution in [-0.2, 0) is 22.3 Å². The Morgan fingerprint density at radius 3 is 1.86 bits per heavy atom. The second-order valence-corrected chi connectivity index (χ2v) is 12.1. The number of ether oxygens (including phenoxy) is 2. The van der Waals surface area contributed by atoms with Gasteiger partial charge in [0.25, 0.3) is 5.79 Å². The molecule has 1 heterocycles. The fourth-order valence-corrected chi connectivity index (χ4v) is 5.80. The number of hydrogen-bond acceptors (Lipinski definition) is 4. The normalized spacial score (nSPS) is 17.3. The van der Waals surface area contributed by atoms with Crippen molar-refractivity contribution in [2.24, 2.45) is 11.8 Å². The minimum Gasteiger partial charge on any atom is -0.419 e. The molecule has 0 bridgehead atoms. The molecule has 1 saturated carbocycles. The average molecular weight is 499 g/mol. The van der Waals surface area contributed by atoms with Crippen LogP contribution in [0.2, 0.25) is 0 Å². The highest BCUT2D eigenvalue weighted by molar-refractivity contribution is 6.05. The lowest BCUT2D eigenvalue weighted by Crippen LogP contribution is -2.40. The summed E-state index contributed by atoms with van der Waals surface area (Å²) in [6, 6.07) is 3.90. The van der Waals surface area contributed by atoms with Gasteiger partial charge in [-0.3, -0.25) is 0 Å². The Kier molecular flexibility index (Phi) is 11.3. The van der Waals surface area contributed by atoms with Gasteiger partial charge in [0.05, 0.1) is 11.1 Å². The van der Waals surface area contributed by atoms with Crippen LogP contribution < -0.4 is 0 Å². The Hall–Kier alpha value is -1.84. The van der Waals surface area contributed by atoms with Crippen molar-refractivity contribution >= 4 is 11.9 Å². The van der Waals surface area contributed by atoms with Crippen LogP contribution >= 0.6 is 0 Å². The molecule has 0 amide bonds. The standard InChI is InChI=1S/C32H50O4/c1-24(2)16-10-5-7-12-18-26-20-21-28-29(27(26)19-13-8-6-11-17-25(3)4)31(34)36-32(35-30(28)33)22-14-9-15-23-32/h20-21,24-25H,5-19,22-23H2,1-4H3. The highest BCUT2D eigenvalue weighted by atomic mass is 16.7. The van der Waals surface area contributed by atoms with E-state index in [0.717, 1.165) is 68.8 Å². The molecule has 0 saturated heterocycles. The van der Waals surface area contributed by atoms with E-state index in [1.807, 2.05) is 6.07 Å². The van der Waals surface area contributed by atoms with Crippen molar-refractivity contribution < 1.29 is 19.1 Å². The fraction of sp³-hybridized carbons (Fsp3) is 0.750. The number of carbonyl (C=O) groups is 2. The van der Waals surface area contributed by atoms with Crippen LogP contribution in [0.4, 0.5) is 0 Å². The molecule has 1 aromatic carbocycles. The van der Waals surface area contributed by atoms with Crippen LogP contribution in [0, 0.1) is 11.8 Å². The van der Waals surface area contributed by atoms with Gasteiger partial charge in [-0.2, -0.15) is 0 Å². The highest BCUT2D eigenvalue weighted by Crippen LogP contribution is 2.38. The Bertz CT molecular complexity index is 848. The molecule has 0 unspecified atom stereocenters. The summed E-state index contributed by atoms with van der Waals surface area (Å²) in [5.41, 5.74) is 3.14. The van der Waals surface area contributed by atoms with Gasteiger partial charge in [0, 0.05) is 12.8 Å². The number of hydrogen-bond donors (Lipinski definition) is 0. The van der Waals surface area contributed by atoms with Crippen molar-refractivity contribution in [1.29, 1.82) is 0 Å². The smallest absolute Gasteiger partial charge is 0.342 e. The summed E-state index contributed by atoms with van der Waals surface area (Å²) < 4.78 is 11.9. The third kappa shape index (κ3) is 8.35. The van der Waals surface area contributed by atoms with Crippen LogP contribution in [-0.4, -0.2) is 17.7 Å². The fourth-order valence-electron chi connectivity index (χ4n) is 5.80. The molecule has 4 heteroatoms. The number of benzene rings is 1. The monoisotopic (exact) mass is 498 g/mol. The molecular weight excluding hydrogens is 448 g/mol. The summed E-state index contributed by atoms with van der Waals surface area (Å²) in [4.78, 5) is 26.7. The van der Waals surface area contributed by atoms with Gasteiger partial charge in [-0.05, 0) is 67.6 Å². The quantitative estimate of drug-likeness (QED) is 0.190. The number of fused-ring (bicyclic) bond motifs is 1. The van der Waals surface area contributed by atoms with Gasteiger partial charge in [-0.1, -0.05) is 91.5 Å². The minimum absolute atomic E-state index is 0.355. The molecule has 1 fully saturated rings. The predicted molar refractivity (Wildman–Crippen MR) is 146 cm³/mol. The Morgan fingerprint density at radius 2 is 1.25 bits per heavy atom. The molecule has 36 heavy (non-hydrogen) atoms. The second kappa shape index (κ2) is 14.2. The van der Waals surface area contributed by atoms with Crippen LogP contribution in [0.5, 0.6) is 0 Å². The van der Waals surface area contributed by atoms with Crippen molar-refractivity contribution in [1.82, 2.24) is 0 Å². The molecule has 0 aromatic heterocycles. The largest absolute Gasteiger partial charge is 0.419 e. The van der Waals surface area contributed by atoms with Crippen molar-refractivity contribution in [3.05, 3.63) is 34.4 Å². The zero-order chi connectivity index (χ0) is 26.0. The lowest BCUT2D eigenvalue weighted by Gasteiger charge is -2.34. The minimum atomic E-state index is -1.07. The molecule has 2 aliphatic rings. The van der Waals surface area contributed by atoms with Gasteiger partial charge in [-0.15, -0.1) is 0 Å². The molecule has 0 N–H and O–H groups in total. The Labute approximate surface area is 219 Å². The second-order valence-electron chi connectivity index (χ2n) is 12.1. The van der Waals surface area contributed by atoms with E-state index in [4.69, 9.17) is 9.47 Å². The zero-order valence-corrected chi connectivity index (χ0v) is 23.5. The first-order valence-electron chi connectivity index (χ1n) is 14.9. The number of esters is 2. The van der Waals surface area contributed by atoms with Crippen LogP contribution in [0.15, 0.2) is 12.1 Å². The summed E-state index contributed by atoms with van der Waals surface area (Å²) in [5.74, 6) is -0.312. The predicted octanol–water partition coefficient (Wildman–Crippen LogP) is 8.97. The molecule has 1 aromatic rings. The van der Waals surface area contributed by atoms with E-state index in [9.17, 15) is 9.59 Å². The third-order valence-electron chi connectivity index (χ3n) is 7.94. The van der Waals surface area contributed by atoms with E-state index < -0.39 is 11.8 Å². The van der Waals surface area contributed by atoms with Crippen molar-refractivity contribution in [2.45, 2.75) is 143 Å². The third-order valence-corrected chi connectivity index (χ3v) is 7.94. The van der Waals surface area contributed by atoms with Gasteiger partial charge < -0.3 is 9.47 Å². The van der Waals surface area contributed by atoms with Gasteiger partial charge in [0.2, 0.25) is 0 Å². The Balaban J connectivity index is 1.75. The lowest BCUT2D eigenvalue weighted by molar-refractivity contribution is -0.183. The first-order valence-corrected chi connectivity index (χ1v) is 14.9. The number of rotatable bonds is 14. The molecule has 1 aliphatic carbocycles. The maximum absolute atomic E-state index is 13.5. The number of aryl methyl sites for hydroxylation is 1. The lowest BCUT2D eigenvalue weighted by atomic mass is 9.89. The van der Waals surface area contributed by atoms with Crippen molar-refractivity contribution in [3.8, 4) is 0 Å². The van der Waals surface area contributed by atoms with Crippen molar-refractivity contribution in [2.75, 3.05) is 0 Å². The molecule has 0 atom stereocenters. The summed E-state index contributed by atoms with van der Waals surface area (Å²) in [6.45, 7) is 9.12. The van der Waals surface area contributed by atoms with E-state index in [0.29, 0.717) is 24.0 Å². The maximum atomic E-state index is 13.5. The number of carbonyl (C=O) groups excluding carboxylic acids is 2. The summed E-state index contributed by atoms with van der Waals surface area (Å²) in [6.07, 6.45) is 18.0. The topological polar surface area (TPSA) is 52.6 Å². The van der Waals surface area contributed by atoms with Gasteiger partial charge in [-0.25, -0.2) is 9.59 Å². The van der Waals surface area contributed by atoms with E-state index in [2.05, 4.69) is 33.8 Å². The Morgan fingerprint density at radius 1 is 0.694 bits per heavy atom. The van der Waals surface area contributed by atoms with Crippen LogP contribution in [0.25, 0.3) is 0 Å². The maximum Gasteiger partial charge on any atom is 0.342 e. The SMILES string of the molecule is CC(C)CCCCCCc1ccc2c(c1CCCCCCC(C)C)C(=O)OC1(CCCCC1)OC2=O. The molecule has 0 radical (unpaired) electrons. The molecule has 4 nitrogen and oxygen atoms in total. The molecule has 202 valence electrons. The van der Waals surface area contributed by atoms with Crippen molar-refractivity contribution in [3.63, 3.8) is 0 Å². The molecular formula is C32H50O4. The van der Waals surface area contributed by atoms with E-state index in [-0.39, 0.29) is 5.97 Å². The van der Waals surface area contributed by atoms with E-state index in [1.165, 1.54) is 50.5 Å². The zero-order valence-electron chi connectivity index (χ0n) is 23.5. The van der Waals surface area contributed by atoms with E-state index in [1.54, 1.807) is 0 Å². The average Bonchev–Trinajstić information content (AvgIpc) is 2.92. The van der Waals surface area contributed by atoms with Crippen LogP contribution in [0.1, 0.15) is 156 Å². The van der Waals surface area contributed by atoms with Gasteiger partial charge >= 0.3 is 11.9 Å². The summed E-state index contributed by atoms with van der Waals surface area (Å²) >= 11 is 0. The number of unbranched alkanes of at least 4 members (excludes halogenated alkanes) is 6. The molecule has 1 aliphatic heterocycles. The first kappa shape index (κ1) is 28.7. The van der Waals surface area contributed by atoms with Gasteiger partial charge in [0.1, 0.15) is 0 Å². The molecule has 3 rings (SSSR count). The highest BCUT2D eigenvalue weighted by Gasteiger charge is 2.44. The van der Waals surface area contributed by atoms with Gasteiger partial charge in [0.15, 0.2) is 0 Å². The molecule has 1 spiro atoms. The summed E-state index contributed by atoms with van der Waals surface area (Å²) in [7, 11) is 0. The first-order chi connectivity index (χ1) is 17.3. The van der Waals surface area contributed by atoms with Crippen LogP contribution in [0.3, 0.4) is 0 Å². The summed E-state index contributed by atoms with van der Waals surface area (Å²) in [5, 5.41) is 0.